The minimum absolute atomic E-state index is 0.0208. The lowest BCUT2D eigenvalue weighted by atomic mass is 9.96. The van der Waals surface area contributed by atoms with Gasteiger partial charge in [0.05, 0.1) is 17.8 Å². The maximum atomic E-state index is 5.80. The Morgan fingerprint density at radius 3 is 2.41 bits per heavy atom. The molecule has 32 heavy (non-hydrogen) atoms. The quantitative estimate of drug-likeness (QED) is 0.527. The van der Waals surface area contributed by atoms with Gasteiger partial charge in [0.1, 0.15) is 0 Å². The highest BCUT2D eigenvalue weighted by molar-refractivity contribution is 7.80. The van der Waals surface area contributed by atoms with Gasteiger partial charge in [-0.1, -0.05) is 19.9 Å². The smallest absolute Gasteiger partial charge is 0.170 e. The first-order valence-electron chi connectivity index (χ1n) is 11.2. The number of rotatable bonds is 6. The van der Waals surface area contributed by atoms with Crippen molar-refractivity contribution in [2.24, 2.45) is 5.92 Å². The molecule has 3 heterocycles. The number of thiocarbonyl (C=S) groups is 1. The number of aromatic nitrogens is 2. The Bertz CT molecular complexity index is 1090. The Kier molecular flexibility index (Phi) is 6.24. The molecule has 0 radical (unpaired) electrons. The Morgan fingerprint density at radius 1 is 1.09 bits per heavy atom. The van der Waals surface area contributed by atoms with Crippen molar-refractivity contribution in [1.29, 1.82) is 0 Å². The molecule has 1 N–H and O–H groups in total. The van der Waals surface area contributed by atoms with E-state index in [1.807, 2.05) is 18.3 Å². The van der Waals surface area contributed by atoms with Crippen LogP contribution in [0.5, 0.6) is 0 Å². The number of anilines is 1. The van der Waals surface area contributed by atoms with Gasteiger partial charge in [-0.05, 0) is 80.0 Å². The third-order valence-corrected chi connectivity index (χ3v) is 6.53. The average Bonchev–Trinajstić information content (AvgIpc) is 3.23. The number of nitrogens with one attached hydrogen (secondary N) is 1. The van der Waals surface area contributed by atoms with Gasteiger partial charge in [0.15, 0.2) is 5.11 Å². The van der Waals surface area contributed by atoms with E-state index >= 15 is 0 Å². The number of hydrogen-bond donors (Lipinski definition) is 1. The fourth-order valence-corrected chi connectivity index (χ4v) is 5.03. The van der Waals surface area contributed by atoms with Crippen molar-refractivity contribution >= 4 is 23.0 Å². The van der Waals surface area contributed by atoms with Gasteiger partial charge in [0, 0.05) is 49.6 Å². The lowest BCUT2D eigenvalue weighted by molar-refractivity contribution is 0.287. The van der Waals surface area contributed by atoms with Crippen LogP contribution in [0.15, 0.2) is 54.7 Å². The maximum Gasteiger partial charge on any atom is 0.170 e. The summed E-state index contributed by atoms with van der Waals surface area (Å²) in [6, 6.07) is 17.3. The first-order valence-corrected chi connectivity index (χ1v) is 11.6. The molecule has 5 nitrogen and oxygen atoms in total. The van der Waals surface area contributed by atoms with E-state index in [2.05, 4.69) is 103 Å². The van der Waals surface area contributed by atoms with Crippen molar-refractivity contribution in [2.45, 2.75) is 39.8 Å². The lowest BCUT2D eigenvalue weighted by Crippen LogP contribution is -2.33. The SMILES string of the molecule is Cc1cc([C@H]2[C@H](c3ccccn3)NC(=S)N2CC(C)C)c(C)n1-c1ccc(N(C)C)cc1. The summed E-state index contributed by atoms with van der Waals surface area (Å²) in [6.45, 7) is 9.78. The highest BCUT2D eigenvalue weighted by Gasteiger charge is 2.41. The minimum Gasteiger partial charge on any atom is -0.378 e. The van der Waals surface area contributed by atoms with Crippen LogP contribution in [0.2, 0.25) is 0 Å². The van der Waals surface area contributed by atoms with Crippen LogP contribution in [0.25, 0.3) is 5.69 Å². The predicted octanol–water partition coefficient (Wildman–Crippen LogP) is 5.18. The molecule has 1 aromatic carbocycles. The predicted molar refractivity (Wildman–Crippen MR) is 137 cm³/mol. The van der Waals surface area contributed by atoms with E-state index in [1.165, 1.54) is 28.3 Å². The Morgan fingerprint density at radius 2 is 1.81 bits per heavy atom. The number of hydrogen-bond acceptors (Lipinski definition) is 3. The summed E-state index contributed by atoms with van der Waals surface area (Å²) in [5.74, 6) is 0.502. The van der Waals surface area contributed by atoms with E-state index < -0.39 is 0 Å². The Hall–Kier alpha value is -2.86. The molecule has 0 unspecified atom stereocenters. The zero-order chi connectivity index (χ0) is 23.0. The summed E-state index contributed by atoms with van der Waals surface area (Å²) in [6.07, 6.45) is 1.86. The van der Waals surface area contributed by atoms with Crippen molar-refractivity contribution in [3.63, 3.8) is 0 Å². The summed E-state index contributed by atoms with van der Waals surface area (Å²) in [5.41, 5.74) is 7.15. The summed E-state index contributed by atoms with van der Waals surface area (Å²) in [7, 11) is 4.13. The summed E-state index contributed by atoms with van der Waals surface area (Å²) in [5, 5.41) is 4.38. The molecule has 1 saturated heterocycles. The van der Waals surface area contributed by atoms with Gasteiger partial charge in [0.25, 0.3) is 0 Å². The summed E-state index contributed by atoms with van der Waals surface area (Å²) < 4.78 is 2.35. The fraction of sp³-hybridized carbons (Fsp3) is 0.385. The molecule has 0 spiro atoms. The molecule has 3 aromatic rings. The second kappa shape index (κ2) is 8.94. The standard InChI is InChI=1S/C26H33N5S/c1-17(2)16-30-25(24(28-26(30)32)23-9-7-8-14-27-23)22-15-18(3)31(19(22)4)21-12-10-20(11-13-21)29(5)6/h7-15,17,24-25H,16H2,1-6H3,(H,28,32)/t24-,25-/m0/s1. The minimum atomic E-state index is 0.0208. The monoisotopic (exact) mass is 447 g/mol. The van der Waals surface area contributed by atoms with Crippen molar-refractivity contribution in [2.75, 3.05) is 25.5 Å². The summed E-state index contributed by atoms with van der Waals surface area (Å²) in [4.78, 5) is 9.14. The number of aryl methyl sites for hydroxylation is 1. The van der Waals surface area contributed by atoms with Gasteiger partial charge >= 0.3 is 0 Å². The van der Waals surface area contributed by atoms with Crippen molar-refractivity contribution in [1.82, 2.24) is 19.8 Å². The van der Waals surface area contributed by atoms with Gasteiger partial charge < -0.3 is 19.7 Å². The van der Waals surface area contributed by atoms with Crippen LogP contribution in [-0.4, -0.2) is 40.2 Å². The van der Waals surface area contributed by atoms with Gasteiger partial charge in [0.2, 0.25) is 0 Å². The molecule has 0 saturated carbocycles. The first kappa shape index (κ1) is 22.3. The molecule has 1 aliphatic heterocycles. The van der Waals surface area contributed by atoms with Crippen LogP contribution in [-0.2, 0) is 0 Å². The van der Waals surface area contributed by atoms with Crippen LogP contribution < -0.4 is 10.2 Å². The van der Waals surface area contributed by atoms with E-state index in [4.69, 9.17) is 12.2 Å². The number of benzene rings is 1. The zero-order valence-electron chi connectivity index (χ0n) is 19.8. The van der Waals surface area contributed by atoms with Gasteiger partial charge in [-0.2, -0.15) is 0 Å². The van der Waals surface area contributed by atoms with E-state index in [1.54, 1.807) is 0 Å². The Balaban J connectivity index is 1.80. The van der Waals surface area contributed by atoms with E-state index in [9.17, 15) is 0 Å². The third kappa shape index (κ3) is 4.11. The lowest BCUT2D eigenvalue weighted by Gasteiger charge is -2.29. The topological polar surface area (TPSA) is 36.3 Å². The highest BCUT2D eigenvalue weighted by Crippen LogP contribution is 2.41. The molecule has 0 aliphatic carbocycles. The fourth-order valence-electron chi connectivity index (χ4n) is 4.72. The normalized spacial score (nSPS) is 18.3. The second-order valence-electron chi connectivity index (χ2n) is 9.25. The maximum absolute atomic E-state index is 5.80. The van der Waals surface area contributed by atoms with Crippen LogP contribution in [0, 0.1) is 19.8 Å². The van der Waals surface area contributed by atoms with Crippen LogP contribution in [0.3, 0.4) is 0 Å². The number of nitrogens with zero attached hydrogens (tertiary/aromatic N) is 4. The van der Waals surface area contributed by atoms with E-state index in [0.717, 1.165) is 17.4 Å². The summed E-state index contributed by atoms with van der Waals surface area (Å²) >= 11 is 5.80. The third-order valence-electron chi connectivity index (χ3n) is 6.17. The molecule has 0 amide bonds. The van der Waals surface area contributed by atoms with E-state index in [-0.39, 0.29) is 12.1 Å². The average molecular weight is 448 g/mol. The second-order valence-corrected chi connectivity index (χ2v) is 9.63. The molecule has 1 aliphatic rings. The molecule has 1 fully saturated rings. The molecule has 4 rings (SSSR count). The molecule has 2 atom stereocenters. The largest absolute Gasteiger partial charge is 0.378 e. The van der Waals surface area contributed by atoms with Gasteiger partial charge in [-0.15, -0.1) is 0 Å². The molecular formula is C26H33N5S. The van der Waals surface area contributed by atoms with Crippen LogP contribution >= 0.6 is 12.2 Å². The zero-order valence-corrected chi connectivity index (χ0v) is 20.6. The first-order chi connectivity index (χ1) is 15.3. The van der Waals surface area contributed by atoms with Crippen molar-refractivity contribution < 1.29 is 0 Å². The van der Waals surface area contributed by atoms with Crippen LogP contribution in [0.1, 0.15) is 48.6 Å². The molecular weight excluding hydrogens is 414 g/mol. The van der Waals surface area contributed by atoms with Gasteiger partial charge in [-0.3, -0.25) is 4.98 Å². The molecule has 168 valence electrons. The number of pyridine rings is 1. The Labute approximate surface area is 197 Å². The van der Waals surface area contributed by atoms with Crippen molar-refractivity contribution in [3.05, 3.63) is 77.4 Å². The van der Waals surface area contributed by atoms with Gasteiger partial charge in [-0.25, -0.2) is 0 Å². The van der Waals surface area contributed by atoms with E-state index in [0.29, 0.717) is 5.92 Å². The molecule has 0 bridgehead atoms. The molecule has 2 aromatic heterocycles. The van der Waals surface area contributed by atoms with Crippen LogP contribution in [0.4, 0.5) is 5.69 Å². The molecule has 6 heteroatoms. The van der Waals surface area contributed by atoms with Crippen molar-refractivity contribution in [3.8, 4) is 5.69 Å². The highest BCUT2D eigenvalue weighted by atomic mass is 32.1.